The van der Waals surface area contributed by atoms with Crippen molar-refractivity contribution in [3.63, 3.8) is 0 Å². The molecule has 2 aromatic rings. The molecule has 0 atom stereocenters. The van der Waals surface area contributed by atoms with Crippen LogP contribution in [0, 0.1) is 0 Å². The number of hydrogen-bond donors (Lipinski definition) is 2. The van der Waals surface area contributed by atoms with Crippen LogP contribution in [0.3, 0.4) is 0 Å². The zero-order chi connectivity index (χ0) is 23.2. The first-order chi connectivity index (χ1) is 14.5. The maximum absolute atomic E-state index is 13.0. The van der Waals surface area contributed by atoms with E-state index in [0.29, 0.717) is 40.7 Å². The summed E-state index contributed by atoms with van der Waals surface area (Å²) in [6.07, 6.45) is 0.720. The Morgan fingerprint density at radius 3 is 2.65 bits per heavy atom. The van der Waals surface area contributed by atoms with Crippen LogP contribution in [-0.4, -0.2) is 45.5 Å². The number of carbonyl (C=O) groups excluding carboxylic acids is 2. The molecule has 8 nitrogen and oxygen atoms in total. The predicted molar refractivity (Wildman–Crippen MR) is 124 cm³/mol. The number of benzene rings is 1. The second kappa shape index (κ2) is 11.0. The van der Waals surface area contributed by atoms with Gasteiger partial charge in [0.1, 0.15) is 0 Å². The molecule has 1 aromatic carbocycles. The van der Waals surface area contributed by atoms with Crippen LogP contribution < -0.4 is 16.2 Å². The van der Waals surface area contributed by atoms with E-state index in [9.17, 15) is 14.4 Å². The van der Waals surface area contributed by atoms with Crippen LogP contribution in [0.2, 0.25) is 5.02 Å². The monoisotopic (exact) mass is 468 g/mol. The number of urea groups is 1. The lowest BCUT2D eigenvalue weighted by Gasteiger charge is -2.20. The number of halogens is 1. The molecular weight excluding hydrogens is 440 g/mol. The maximum Gasteiger partial charge on any atom is 0.321 e. The number of imide groups is 1. The summed E-state index contributed by atoms with van der Waals surface area (Å²) in [5.41, 5.74) is -0.213. The largest absolute Gasteiger partial charge is 0.379 e. The first-order valence-corrected chi connectivity index (χ1v) is 11.4. The highest BCUT2D eigenvalue weighted by Crippen LogP contribution is 2.20. The van der Waals surface area contributed by atoms with Crippen molar-refractivity contribution >= 4 is 46.2 Å². The van der Waals surface area contributed by atoms with Crippen LogP contribution in [0.1, 0.15) is 41.0 Å². The van der Waals surface area contributed by atoms with E-state index < -0.39 is 17.5 Å². The summed E-state index contributed by atoms with van der Waals surface area (Å²) in [5, 5.41) is 6.25. The van der Waals surface area contributed by atoms with Gasteiger partial charge in [0.05, 0.1) is 22.8 Å². The predicted octanol–water partition coefficient (Wildman–Crippen LogP) is 3.58. The summed E-state index contributed by atoms with van der Waals surface area (Å²) in [5.74, 6) is -0.555. The Bertz CT molecular complexity index is 1000. The fourth-order valence-corrected chi connectivity index (χ4v) is 3.68. The fraction of sp³-hybridized carbons (Fsp3) is 0.524. The molecule has 1 heterocycles. The van der Waals surface area contributed by atoms with E-state index >= 15 is 0 Å². The summed E-state index contributed by atoms with van der Waals surface area (Å²) in [7, 11) is 0. The minimum Gasteiger partial charge on any atom is -0.379 e. The molecule has 10 heteroatoms. The van der Waals surface area contributed by atoms with Gasteiger partial charge in [0, 0.05) is 23.7 Å². The third kappa shape index (κ3) is 8.16. The van der Waals surface area contributed by atoms with Crippen molar-refractivity contribution < 1.29 is 14.3 Å². The van der Waals surface area contributed by atoms with Gasteiger partial charge in [-0.2, -0.15) is 0 Å². The molecule has 0 radical (unpaired) electrons. The maximum atomic E-state index is 13.0. The Kier molecular flexibility index (Phi) is 8.90. The summed E-state index contributed by atoms with van der Waals surface area (Å²) in [4.78, 5) is 41.7. The van der Waals surface area contributed by atoms with Gasteiger partial charge in [-0.15, -0.1) is 0 Å². The Hall–Kier alpha value is -2.10. The highest BCUT2D eigenvalue weighted by atomic mass is 35.5. The standard InChI is InChI=1S/C21H29ClN4O4S/c1-13(2)30-10-6-9-26-18(28)15-8-7-14(22)11-16(15)23-20(26)31-12-17(27)24-19(29)25-21(3,4)5/h7-8,11,13H,6,9-10,12H2,1-5H3,(H2,24,25,27,29). The van der Waals surface area contributed by atoms with Crippen LogP contribution >= 0.6 is 23.4 Å². The van der Waals surface area contributed by atoms with Crippen LogP contribution in [-0.2, 0) is 16.1 Å². The number of nitrogens with zero attached hydrogens (tertiary/aromatic N) is 2. The van der Waals surface area contributed by atoms with Crippen molar-refractivity contribution in [3.05, 3.63) is 33.6 Å². The van der Waals surface area contributed by atoms with Crippen molar-refractivity contribution in [1.82, 2.24) is 20.2 Å². The van der Waals surface area contributed by atoms with Crippen molar-refractivity contribution in [2.45, 2.75) is 64.4 Å². The fourth-order valence-electron chi connectivity index (χ4n) is 2.69. The Balaban J connectivity index is 2.19. The molecule has 3 amide bonds. The summed E-state index contributed by atoms with van der Waals surface area (Å²) in [6, 6.07) is 4.34. The number of amides is 3. The van der Waals surface area contributed by atoms with E-state index in [2.05, 4.69) is 15.6 Å². The molecule has 0 aliphatic rings. The summed E-state index contributed by atoms with van der Waals surface area (Å²) < 4.78 is 7.09. The average molecular weight is 469 g/mol. The highest BCUT2D eigenvalue weighted by molar-refractivity contribution is 7.99. The Morgan fingerprint density at radius 1 is 1.29 bits per heavy atom. The van der Waals surface area contributed by atoms with E-state index in [1.54, 1.807) is 18.2 Å². The zero-order valence-electron chi connectivity index (χ0n) is 18.5. The molecule has 0 saturated heterocycles. The lowest BCUT2D eigenvalue weighted by molar-refractivity contribution is -0.117. The van der Waals surface area contributed by atoms with Crippen molar-refractivity contribution in [2.75, 3.05) is 12.4 Å². The molecule has 31 heavy (non-hydrogen) atoms. The van der Waals surface area contributed by atoms with E-state index in [0.717, 1.165) is 11.8 Å². The molecule has 2 N–H and O–H groups in total. The van der Waals surface area contributed by atoms with E-state index in [-0.39, 0.29) is 17.4 Å². The van der Waals surface area contributed by atoms with Crippen LogP contribution in [0.5, 0.6) is 0 Å². The second-order valence-electron chi connectivity index (χ2n) is 8.33. The van der Waals surface area contributed by atoms with E-state index in [4.69, 9.17) is 16.3 Å². The van der Waals surface area contributed by atoms with Crippen LogP contribution in [0.4, 0.5) is 4.79 Å². The number of aromatic nitrogens is 2. The lowest BCUT2D eigenvalue weighted by Crippen LogP contribution is -2.48. The second-order valence-corrected chi connectivity index (χ2v) is 9.71. The van der Waals surface area contributed by atoms with Gasteiger partial charge >= 0.3 is 6.03 Å². The first kappa shape index (κ1) is 25.2. The Morgan fingerprint density at radius 2 is 2.00 bits per heavy atom. The van der Waals surface area contributed by atoms with E-state index in [1.165, 1.54) is 4.57 Å². The quantitative estimate of drug-likeness (QED) is 0.348. The van der Waals surface area contributed by atoms with Gasteiger partial charge in [-0.3, -0.25) is 19.5 Å². The summed E-state index contributed by atoms with van der Waals surface area (Å²) in [6.45, 7) is 10.2. The molecule has 0 saturated carbocycles. The minimum atomic E-state index is -0.570. The van der Waals surface area contributed by atoms with Crippen LogP contribution in [0.15, 0.2) is 28.2 Å². The minimum absolute atomic E-state index is 0.0709. The number of rotatable bonds is 8. The van der Waals surface area contributed by atoms with Gasteiger partial charge in [-0.05, 0) is 59.2 Å². The number of thioether (sulfide) groups is 1. The molecule has 0 spiro atoms. The van der Waals surface area contributed by atoms with Gasteiger partial charge in [-0.25, -0.2) is 9.78 Å². The zero-order valence-corrected chi connectivity index (χ0v) is 20.0. The molecule has 0 aliphatic carbocycles. The van der Waals surface area contributed by atoms with Gasteiger partial charge in [0.25, 0.3) is 5.56 Å². The molecule has 170 valence electrons. The van der Waals surface area contributed by atoms with Crippen molar-refractivity contribution in [3.8, 4) is 0 Å². The lowest BCUT2D eigenvalue weighted by atomic mass is 10.1. The number of carbonyl (C=O) groups is 2. The molecule has 2 rings (SSSR count). The molecule has 1 aromatic heterocycles. The molecule has 0 unspecified atom stereocenters. The van der Waals surface area contributed by atoms with Gasteiger partial charge in [-0.1, -0.05) is 23.4 Å². The van der Waals surface area contributed by atoms with Crippen molar-refractivity contribution in [1.29, 1.82) is 0 Å². The smallest absolute Gasteiger partial charge is 0.321 e. The number of ether oxygens (including phenoxy) is 1. The number of hydrogen-bond acceptors (Lipinski definition) is 6. The first-order valence-electron chi connectivity index (χ1n) is 10.0. The Labute approximate surface area is 191 Å². The highest BCUT2D eigenvalue weighted by Gasteiger charge is 2.17. The van der Waals surface area contributed by atoms with Gasteiger partial charge in [0.15, 0.2) is 5.16 Å². The normalized spacial score (nSPS) is 11.7. The molecule has 0 fully saturated rings. The number of fused-ring (bicyclic) bond motifs is 1. The topological polar surface area (TPSA) is 102 Å². The summed E-state index contributed by atoms with van der Waals surface area (Å²) >= 11 is 7.14. The number of nitrogens with one attached hydrogen (secondary N) is 2. The molecule has 0 bridgehead atoms. The average Bonchev–Trinajstić information content (AvgIpc) is 2.63. The molecular formula is C21H29ClN4O4S. The van der Waals surface area contributed by atoms with Gasteiger partial charge in [0.2, 0.25) is 5.91 Å². The SMILES string of the molecule is CC(C)OCCCn1c(SCC(=O)NC(=O)NC(C)(C)C)nc2cc(Cl)ccc2c1=O. The van der Waals surface area contributed by atoms with Gasteiger partial charge < -0.3 is 10.1 Å². The third-order valence-corrected chi connectivity index (χ3v) is 5.14. The third-order valence-electron chi connectivity index (χ3n) is 3.93. The molecule has 0 aliphatic heterocycles. The van der Waals surface area contributed by atoms with E-state index in [1.807, 2.05) is 34.6 Å². The van der Waals surface area contributed by atoms with Crippen LogP contribution in [0.25, 0.3) is 10.9 Å². The van der Waals surface area contributed by atoms with Crippen molar-refractivity contribution in [2.24, 2.45) is 0 Å².